The van der Waals surface area contributed by atoms with Gasteiger partial charge in [-0.2, -0.15) is 0 Å². The number of rotatable bonds is 4. The van der Waals surface area contributed by atoms with Crippen LogP contribution < -0.4 is 20.1 Å². The van der Waals surface area contributed by atoms with E-state index in [9.17, 15) is 0 Å². The molecule has 0 aliphatic carbocycles. The molecule has 0 saturated carbocycles. The zero-order valence-electron chi connectivity index (χ0n) is 24.5. The third-order valence-electron chi connectivity index (χ3n) is 8.17. The van der Waals surface area contributed by atoms with Gasteiger partial charge in [-0.3, -0.25) is 0 Å². The van der Waals surface area contributed by atoms with E-state index in [1.54, 1.807) is 0 Å². The van der Waals surface area contributed by atoms with E-state index in [4.69, 9.17) is 9.47 Å². The molecule has 0 fully saturated rings. The van der Waals surface area contributed by atoms with E-state index in [0.717, 1.165) is 85.4 Å². The Morgan fingerprint density at radius 1 is 0.489 bits per heavy atom. The molecule has 216 valence electrons. The number of ether oxygens (including phenoxy) is 2. The summed E-state index contributed by atoms with van der Waals surface area (Å²) >= 11 is 0. The molecule has 2 heterocycles. The summed E-state index contributed by atoms with van der Waals surface area (Å²) in [6, 6.07) is 47.7. The highest BCUT2D eigenvalue weighted by atomic mass is 16.5. The van der Waals surface area contributed by atoms with Gasteiger partial charge in [0.25, 0.3) is 0 Å². The van der Waals surface area contributed by atoms with Crippen molar-refractivity contribution in [2.75, 3.05) is 11.9 Å². The molecule has 0 saturated heterocycles. The average molecular weight is 583 g/mol. The van der Waals surface area contributed by atoms with Gasteiger partial charge in [0.2, 0.25) is 0 Å². The second-order valence-corrected chi connectivity index (χ2v) is 11.1. The lowest BCUT2D eigenvalue weighted by Crippen LogP contribution is -2.09. The maximum absolute atomic E-state index is 6.84. The molecule has 0 bridgehead atoms. The minimum absolute atomic E-state index is 0.736. The van der Waals surface area contributed by atoms with Crippen LogP contribution >= 0.6 is 0 Å². The fourth-order valence-electron chi connectivity index (χ4n) is 5.98. The van der Waals surface area contributed by atoms with Crippen LogP contribution in [0.4, 0.5) is 11.4 Å². The molecular weight excluding hydrogens is 552 g/mol. The SMILES string of the molecule is C1=CC(c2ccccc2Nc2ccc3c(c2)Oc2ccccc2-c2ccccc2Oc2cc(-c4ccccc4)ccc2-3)=CNC1. The summed E-state index contributed by atoms with van der Waals surface area (Å²) < 4.78 is 13.7. The Kier molecular flexibility index (Phi) is 6.85. The number of benzene rings is 6. The topological polar surface area (TPSA) is 42.5 Å². The first kappa shape index (κ1) is 26.6. The average Bonchev–Trinajstić information content (AvgIpc) is 3.10. The van der Waals surface area contributed by atoms with Crippen molar-refractivity contribution in [1.82, 2.24) is 5.32 Å². The van der Waals surface area contributed by atoms with Crippen LogP contribution in [-0.2, 0) is 0 Å². The third kappa shape index (κ3) is 5.23. The molecule has 0 unspecified atom stereocenters. The van der Waals surface area contributed by atoms with Gasteiger partial charge in [-0.1, -0.05) is 103 Å². The van der Waals surface area contributed by atoms with Crippen LogP contribution in [0.25, 0.3) is 39.0 Å². The fourth-order valence-corrected chi connectivity index (χ4v) is 5.98. The minimum atomic E-state index is 0.736. The van der Waals surface area contributed by atoms with Crippen LogP contribution in [0.2, 0.25) is 0 Å². The molecule has 2 aliphatic heterocycles. The van der Waals surface area contributed by atoms with Gasteiger partial charge in [0.05, 0.1) is 0 Å². The Morgan fingerprint density at radius 2 is 1.09 bits per heavy atom. The number of dihydropyridines is 1. The smallest absolute Gasteiger partial charge is 0.137 e. The van der Waals surface area contributed by atoms with Gasteiger partial charge in [-0.15, -0.1) is 0 Å². The molecule has 2 N–H and O–H groups in total. The van der Waals surface area contributed by atoms with Gasteiger partial charge < -0.3 is 20.1 Å². The standard InChI is InChI=1S/C41H30N2O2/c1-2-11-28(12-3-1)29-20-22-35-36-23-21-31(43-37-17-7-4-14-32(37)30-13-10-24-42-27-30)26-41(36)45-39-19-9-6-16-34(39)33-15-5-8-18-38(33)44-40(35)25-29/h1-23,25-27,42-43H,24H2. The predicted molar refractivity (Wildman–Crippen MR) is 184 cm³/mol. The monoisotopic (exact) mass is 582 g/mol. The molecule has 2 aliphatic rings. The van der Waals surface area contributed by atoms with Crippen molar-refractivity contribution >= 4 is 16.9 Å². The summed E-state index contributed by atoms with van der Waals surface area (Å²) in [4.78, 5) is 0. The van der Waals surface area contributed by atoms with Crippen molar-refractivity contribution in [3.8, 4) is 56.4 Å². The highest BCUT2D eigenvalue weighted by Gasteiger charge is 2.21. The maximum atomic E-state index is 6.84. The van der Waals surface area contributed by atoms with Gasteiger partial charge in [0, 0.05) is 58.0 Å². The van der Waals surface area contributed by atoms with E-state index in [2.05, 4.69) is 126 Å². The first-order valence-corrected chi connectivity index (χ1v) is 15.1. The quantitative estimate of drug-likeness (QED) is 0.217. The zero-order valence-corrected chi connectivity index (χ0v) is 24.5. The predicted octanol–water partition coefficient (Wildman–Crippen LogP) is 10.8. The molecule has 45 heavy (non-hydrogen) atoms. The van der Waals surface area contributed by atoms with E-state index in [1.807, 2.05) is 42.5 Å². The summed E-state index contributed by atoms with van der Waals surface area (Å²) in [5, 5.41) is 6.99. The molecule has 0 amide bonds. The number of anilines is 2. The van der Waals surface area contributed by atoms with E-state index in [0.29, 0.717) is 0 Å². The van der Waals surface area contributed by atoms with Crippen LogP contribution in [0.15, 0.2) is 158 Å². The van der Waals surface area contributed by atoms with E-state index < -0.39 is 0 Å². The molecule has 4 nitrogen and oxygen atoms in total. The van der Waals surface area contributed by atoms with Crippen LogP contribution in [0.1, 0.15) is 5.56 Å². The van der Waals surface area contributed by atoms with Crippen molar-refractivity contribution in [1.29, 1.82) is 0 Å². The number of fused-ring (bicyclic) bond motifs is 6. The van der Waals surface area contributed by atoms with Gasteiger partial charge in [-0.25, -0.2) is 0 Å². The number of hydrogen-bond acceptors (Lipinski definition) is 4. The Labute approximate surface area is 262 Å². The van der Waals surface area contributed by atoms with Crippen LogP contribution in [-0.4, -0.2) is 6.54 Å². The number of hydrogen-bond donors (Lipinski definition) is 2. The second kappa shape index (κ2) is 11.6. The third-order valence-corrected chi connectivity index (χ3v) is 8.17. The molecule has 0 spiro atoms. The molecule has 4 heteroatoms. The first-order chi connectivity index (χ1) is 22.3. The lowest BCUT2D eigenvalue weighted by atomic mass is 9.97. The van der Waals surface area contributed by atoms with Gasteiger partial charge in [-0.05, 0) is 59.2 Å². The van der Waals surface area contributed by atoms with Crippen LogP contribution in [0, 0.1) is 0 Å². The summed E-state index contributed by atoms with van der Waals surface area (Å²) in [5.74, 6) is 3.04. The van der Waals surface area contributed by atoms with Gasteiger partial charge in [0.1, 0.15) is 23.0 Å². The number of allylic oxidation sites excluding steroid dienone is 2. The van der Waals surface area contributed by atoms with Gasteiger partial charge in [0.15, 0.2) is 0 Å². The highest BCUT2D eigenvalue weighted by Crippen LogP contribution is 2.48. The summed E-state index contributed by atoms with van der Waals surface area (Å²) in [7, 11) is 0. The minimum Gasteiger partial charge on any atom is -0.456 e. The zero-order chi connectivity index (χ0) is 30.0. The lowest BCUT2D eigenvalue weighted by molar-refractivity contribution is 0.472. The molecule has 0 radical (unpaired) electrons. The Balaban J connectivity index is 1.28. The molecule has 0 atom stereocenters. The Morgan fingerprint density at radius 3 is 1.80 bits per heavy atom. The van der Waals surface area contributed by atoms with E-state index in [-0.39, 0.29) is 0 Å². The van der Waals surface area contributed by atoms with Crippen molar-refractivity contribution in [2.24, 2.45) is 0 Å². The summed E-state index contributed by atoms with van der Waals surface area (Å²) in [5.41, 5.74) is 10.2. The van der Waals surface area contributed by atoms with Crippen molar-refractivity contribution in [3.05, 3.63) is 163 Å². The van der Waals surface area contributed by atoms with E-state index >= 15 is 0 Å². The molecular formula is C41H30N2O2. The summed E-state index contributed by atoms with van der Waals surface area (Å²) in [6.07, 6.45) is 6.35. The van der Waals surface area contributed by atoms with Gasteiger partial charge >= 0.3 is 0 Å². The number of nitrogens with one attached hydrogen (secondary N) is 2. The molecule has 6 aromatic rings. The highest BCUT2D eigenvalue weighted by molar-refractivity contribution is 5.87. The van der Waals surface area contributed by atoms with Crippen molar-refractivity contribution in [3.63, 3.8) is 0 Å². The largest absolute Gasteiger partial charge is 0.456 e. The second-order valence-electron chi connectivity index (χ2n) is 11.1. The normalized spacial score (nSPS) is 12.9. The Bertz CT molecular complexity index is 2100. The molecule has 0 aromatic heterocycles. The van der Waals surface area contributed by atoms with Crippen molar-refractivity contribution in [2.45, 2.75) is 0 Å². The Hall–Kier alpha value is -6.00. The maximum Gasteiger partial charge on any atom is 0.137 e. The van der Waals surface area contributed by atoms with E-state index in [1.165, 1.54) is 0 Å². The fraction of sp³-hybridized carbons (Fsp3) is 0.0244. The van der Waals surface area contributed by atoms with Crippen molar-refractivity contribution < 1.29 is 9.47 Å². The lowest BCUT2D eigenvalue weighted by Gasteiger charge is -2.22. The summed E-state index contributed by atoms with van der Waals surface area (Å²) in [6.45, 7) is 0.839. The molecule has 8 rings (SSSR count). The van der Waals surface area contributed by atoms with Crippen LogP contribution in [0.3, 0.4) is 0 Å². The molecule has 6 aromatic carbocycles. The number of para-hydroxylation sites is 3. The first-order valence-electron chi connectivity index (χ1n) is 15.1. The van der Waals surface area contributed by atoms with Crippen LogP contribution in [0.5, 0.6) is 23.0 Å².